The third kappa shape index (κ3) is 3.97. The minimum atomic E-state index is -3.66. The van der Waals surface area contributed by atoms with E-state index in [1.54, 1.807) is 35.9 Å². The predicted octanol–water partition coefficient (Wildman–Crippen LogP) is 4.70. The lowest BCUT2D eigenvalue weighted by molar-refractivity contribution is 0.393. The van der Waals surface area contributed by atoms with Gasteiger partial charge in [0.2, 0.25) is 10.0 Å². The van der Waals surface area contributed by atoms with E-state index in [1.807, 2.05) is 38.1 Å². The van der Waals surface area contributed by atoms with Crippen molar-refractivity contribution in [3.8, 4) is 22.3 Å². The molecule has 1 aliphatic rings. The highest BCUT2D eigenvalue weighted by Crippen LogP contribution is 2.31. The van der Waals surface area contributed by atoms with Crippen molar-refractivity contribution in [1.29, 1.82) is 0 Å². The quantitative estimate of drug-likeness (QED) is 0.450. The van der Waals surface area contributed by atoms with E-state index in [9.17, 15) is 13.2 Å². The molecular formula is C26H27N3O4S. The number of rotatable bonds is 5. The number of aryl methyl sites for hydroxylation is 3. The molecule has 2 aromatic carbocycles. The molecule has 1 N–H and O–H groups in total. The van der Waals surface area contributed by atoms with E-state index in [2.05, 4.69) is 9.88 Å². The van der Waals surface area contributed by atoms with E-state index in [-0.39, 0.29) is 16.5 Å². The van der Waals surface area contributed by atoms with Crippen molar-refractivity contribution in [2.45, 2.75) is 50.5 Å². The van der Waals surface area contributed by atoms with Gasteiger partial charge in [0.25, 0.3) is 5.56 Å². The van der Waals surface area contributed by atoms with Crippen LogP contribution in [-0.4, -0.2) is 24.2 Å². The van der Waals surface area contributed by atoms with Gasteiger partial charge in [-0.1, -0.05) is 36.2 Å². The van der Waals surface area contributed by atoms with E-state index >= 15 is 0 Å². The molecule has 0 radical (unpaired) electrons. The molecule has 1 fully saturated rings. The number of hydrogen-bond donors (Lipinski definition) is 1. The van der Waals surface area contributed by atoms with E-state index in [1.165, 1.54) is 0 Å². The van der Waals surface area contributed by atoms with Gasteiger partial charge < -0.3 is 9.09 Å². The minimum Gasteiger partial charge on any atom is -0.361 e. The third-order valence-electron chi connectivity index (χ3n) is 6.68. The summed E-state index contributed by atoms with van der Waals surface area (Å²) in [5.74, 6) is 0.731. The van der Waals surface area contributed by atoms with Crippen LogP contribution in [0.2, 0.25) is 0 Å². The first kappa shape index (κ1) is 22.6. The lowest BCUT2D eigenvalue weighted by atomic mass is 9.99. The largest absolute Gasteiger partial charge is 0.361 e. The number of hydrogen-bond acceptors (Lipinski definition) is 5. The third-order valence-corrected chi connectivity index (χ3v) is 8.20. The van der Waals surface area contributed by atoms with Crippen LogP contribution in [0.3, 0.4) is 0 Å². The van der Waals surface area contributed by atoms with Crippen molar-refractivity contribution in [3.05, 3.63) is 70.3 Å². The molecule has 0 atom stereocenters. The van der Waals surface area contributed by atoms with Gasteiger partial charge in [-0.25, -0.2) is 13.1 Å². The van der Waals surface area contributed by atoms with Crippen LogP contribution in [0.4, 0.5) is 0 Å². The summed E-state index contributed by atoms with van der Waals surface area (Å²) >= 11 is 0. The van der Waals surface area contributed by atoms with Crippen LogP contribution in [0.25, 0.3) is 33.2 Å². The second-order valence-corrected chi connectivity index (χ2v) is 10.7. The molecule has 0 bridgehead atoms. The highest BCUT2D eigenvalue weighted by Gasteiger charge is 2.23. The van der Waals surface area contributed by atoms with Crippen LogP contribution >= 0.6 is 0 Å². The van der Waals surface area contributed by atoms with Gasteiger partial charge in [0, 0.05) is 24.2 Å². The van der Waals surface area contributed by atoms with Gasteiger partial charge in [0.1, 0.15) is 5.76 Å². The van der Waals surface area contributed by atoms with Crippen molar-refractivity contribution in [2.24, 2.45) is 7.05 Å². The second-order valence-electron chi connectivity index (χ2n) is 9.03. The number of aromatic nitrogens is 2. The number of fused-ring (bicyclic) bond motifs is 1. The molecule has 0 saturated heterocycles. The fourth-order valence-corrected chi connectivity index (χ4v) is 6.25. The minimum absolute atomic E-state index is 0.0232. The SMILES string of the molecule is Cc1noc(C)c1-c1ccc2c(c1)cc(-c1cccc(S(=O)(=O)NC3CCCC3)c1)c(=O)n2C. The zero-order valence-electron chi connectivity index (χ0n) is 19.5. The average molecular weight is 478 g/mol. The Balaban J connectivity index is 1.60. The molecule has 1 aliphatic carbocycles. The van der Waals surface area contributed by atoms with Crippen molar-refractivity contribution in [1.82, 2.24) is 14.4 Å². The summed E-state index contributed by atoms with van der Waals surface area (Å²) in [7, 11) is -1.93. The van der Waals surface area contributed by atoms with E-state index in [0.29, 0.717) is 11.1 Å². The Kier molecular flexibility index (Phi) is 5.65. The van der Waals surface area contributed by atoms with Gasteiger partial charge in [-0.3, -0.25) is 4.79 Å². The number of benzene rings is 2. The summed E-state index contributed by atoms with van der Waals surface area (Å²) in [6.45, 7) is 3.77. The van der Waals surface area contributed by atoms with Crippen molar-refractivity contribution < 1.29 is 12.9 Å². The van der Waals surface area contributed by atoms with Gasteiger partial charge in [-0.05, 0) is 73.5 Å². The summed E-state index contributed by atoms with van der Waals surface area (Å²) in [5.41, 5.74) is 4.30. The Morgan fingerprint density at radius 1 is 1.03 bits per heavy atom. The fourth-order valence-electron chi connectivity index (χ4n) is 4.90. The van der Waals surface area contributed by atoms with Gasteiger partial charge in [0.05, 0.1) is 16.1 Å². The first-order valence-electron chi connectivity index (χ1n) is 11.4. The Labute approximate surface area is 198 Å². The summed E-state index contributed by atoms with van der Waals surface area (Å²) in [6.07, 6.45) is 3.79. The Bertz CT molecular complexity index is 1540. The Hall–Kier alpha value is -3.23. The van der Waals surface area contributed by atoms with Gasteiger partial charge in [-0.2, -0.15) is 0 Å². The molecule has 0 amide bonds. The highest BCUT2D eigenvalue weighted by atomic mass is 32.2. The lowest BCUT2D eigenvalue weighted by Gasteiger charge is -2.14. The predicted molar refractivity (Wildman–Crippen MR) is 132 cm³/mol. The number of nitrogens with zero attached hydrogens (tertiary/aromatic N) is 2. The molecule has 5 rings (SSSR count). The van der Waals surface area contributed by atoms with Crippen LogP contribution in [0.1, 0.15) is 37.1 Å². The molecule has 2 heterocycles. The molecule has 1 saturated carbocycles. The number of sulfonamides is 1. The fraction of sp³-hybridized carbons (Fsp3) is 0.308. The molecule has 176 valence electrons. The second kappa shape index (κ2) is 8.52. The maximum atomic E-state index is 13.2. The zero-order valence-corrected chi connectivity index (χ0v) is 20.3. The molecule has 7 nitrogen and oxygen atoms in total. The van der Waals surface area contributed by atoms with Crippen LogP contribution in [-0.2, 0) is 17.1 Å². The molecule has 0 unspecified atom stereocenters. The zero-order chi connectivity index (χ0) is 24.0. The lowest BCUT2D eigenvalue weighted by Crippen LogP contribution is -2.32. The molecule has 2 aromatic heterocycles. The Morgan fingerprint density at radius 2 is 1.79 bits per heavy atom. The monoisotopic (exact) mass is 477 g/mol. The van der Waals surface area contributed by atoms with E-state index in [0.717, 1.165) is 59.2 Å². The topological polar surface area (TPSA) is 94.2 Å². The number of pyridine rings is 1. The smallest absolute Gasteiger partial charge is 0.258 e. The van der Waals surface area contributed by atoms with Crippen LogP contribution in [0.15, 0.2) is 62.7 Å². The summed E-state index contributed by atoms with van der Waals surface area (Å²) in [6, 6.07) is 14.3. The maximum Gasteiger partial charge on any atom is 0.258 e. The van der Waals surface area contributed by atoms with Crippen molar-refractivity contribution >= 4 is 20.9 Å². The molecular weight excluding hydrogens is 450 g/mol. The number of nitrogens with one attached hydrogen (secondary N) is 1. The Morgan fingerprint density at radius 3 is 2.50 bits per heavy atom. The standard InChI is InChI=1S/C26H27N3O4S/c1-16-25(17(2)33-27-16)19-11-12-24-20(13-19)15-23(26(30)29(24)3)18-7-6-10-22(14-18)34(31,32)28-21-8-4-5-9-21/h6-7,10-15,21,28H,4-5,8-9H2,1-3H3. The van der Waals surface area contributed by atoms with Crippen LogP contribution < -0.4 is 10.3 Å². The van der Waals surface area contributed by atoms with E-state index < -0.39 is 10.0 Å². The molecule has 4 aromatic rings. The molecule has 0 aliphatic heterocycles. The summed E-state index contributed by atoms with van der Waals surface area (Å²) < 4.78 is 35.7. The summed E-state index contributed by atoms with van der Waals surface area (Å²) in [4.78, 5) is 13.4. The first-order valence-corrected chi connectivity index (χ1v) is 12.9. The molecule has 0 spiro atoms. The summed E-state index contributed by atoms with van der Waals surface area (Å²) in [5, 5.41) is 4.91. The first-order chi connectivity index (χ1) is 16.2. The van der Waals surface area contributed by atoms with E-state index in [4.69, 9.17) is 4.52 Å². The molecule has 34 heavy (non-hydrogen) atoms. The van der Waals surface area contributed by atoms with Gasteiger partial charge in [-0.15, -0.1) is 0 Å². The van der Waals surface area contributed by atoms with Crippen molar-refractivity contribution in [2.75, 3.05) is 0 Å². The average Bonchev–Trinajstić information content (AvgIpc) is 3.44. The normalized spacial score (nSPS) is 14.8. The maximum absolute atomic E-state index is 13.2. The van der Waals surface area contributed by atoms with Gasteiger partial charge in [0.15, 0.2) is 0 Å². The molecule has 8 heteroatoms. The van der Waals surface area contributed by atoms with Crippen LogP contribution in [0.5, 0.6) is 0 Å². The van der Waals surface area contributed by atoms with Crippen molar-refractivity contribution in [3.63, 3.8) is 0 Å². The van der Waals surface area contributed by atoms with Crippen LogP contribution in [0, 0.1) is 13.8 Å². The van der Waals surface area contributed by atoms with Gasteiger partial charge >= 0.3 is 0 Å². The highest BCUT2D eigenvalue weighted by molar-refractivity contribution is 7.89.